The number of hydrogen-bond donors (Lipinski definition) is 0. The van der Waals surface area contributed by atoms with Crippen LogP contribution in [0.3, 0.4) is 0 Å². The van der Waals surface area contributed by atoms with Gasteiger partial charge in [0.25, 0.3) is 0 Å². The zero-order chi connectivity index (χ0) is 11.4. The molecule has 0 bridgehead atoms. The smallest absolute Gasteiger partial charge is 0.139 e. The SMILES string of the molecule is COCCn1ccnc1-c1cccc(Br)c1. The monoisotopic (exact) mass is 280 g/mol. The molecule has 1 heterocycles. The summed E-state index contributed by atoms with van der Waals surface area (Å²) < 4.78 is 8.22. The first-order valence-electron chi connectivity index (χ1n) is 5.07. The van der Waals surface area contributed by atoms with Crippen LogP contribution in [0.1, 0.15) is 0 Å². The van der Waals surface area contributed by atoms with Gasteiger partial charge < -0.3 is 9.30 Å². The topological polar surface area (TPSA) is 27.1 Å². The summed E-state index contributed by atoms with van der Waals surface area (Å²) in [6.07, 6.45) is 3.78. The quantitative estimate of drug-likeness (QED) is 0.861. The van der Waals surface area contributed by atoms with Crippen molar-refractivity contribution in [1.82, 2.24) is 9.55 Å². The molecule has 0 radical (unpaired) electrons. The number of halogens is 1. The van der Waals surface area contributed by atoms with Gasteiger partial charge in [-0.15, -0.1) is 0 Å². The van der Waals surface area contributed by atoms with Crippen molar-refractivity contribution in [1.29, 1.82) is 0 Å². The number of nitrogens with zero attached hydrogens (tertiary/aromatic N) is 2. The van der Waals surface area contributed by atoms with E-state index < -0.39 is 0 Å². The Morgan fingerprint density at radius 3 is 3.06 bits per heavy atom. The minimum atomic E-state index is 0.692. The van der Waals surface area contributed by atoms with E-state index in [1.165, 1.54) is 0 Å². The number of ether oxygens (including phenoxy) is 1. The van der Waals surface area contributed by atoms with E-state index in [0.717, 1.165) is 22.4 Å². The molecule has 0 spiro atoms. The van der Waals surface area contributed by atoms with Gasteiger partial charge in [0.15, 0.2) is 0 Å². The lowest BCUT2D eigenvalue weighted by Crippen LogP contribution is -2.04. The van der Waals surface area contributed by atoms with Crippen molar-refractivity contribution in [3.8, 4) is 11.4 Å². The van der Waals surface area contributed by atoms with Crippen molar-refractivity contribution in [3.05, 3.63) is 41.1 Å². The molecule has 1 aromatic carbocycles. The Morgan fingerprint density at radius 1 is 1.44 bits per heavy atom. The predicted molar refractivity (Wildman–Crippen MR) is 67.2 cm³/mol. The number of hydrogen-bond acceptors (Lipinski definition) is 2. The van der Waals surface area contributed by atoms with Gasteiger partial charge in [0.1, 0.15) is 5.82 Å². The molecule has 0 saturated carbocycles. The van der Waals surface area contributed by atoms with Gasteiger partial charge in [-0.3, -0.25) is 0 Å². The van der Waals surface area contributed by atoms with Crippen molar-refractivity contribution in [2.45, 2.75) is 6.54 Å². The zero-order valence-corrected chi connectivity index (χ0v) is 10.6. The summed E-state index contributed by atoms with van der Waals surface area (Å²) in [6.45, 7) is 1.51. The molecule has 0 aliphatic rings. The van der Waals surface area contributed by atoms with Gasteiger partial charge in [0.2, 0.25) is 0 Å². The molecular formula is C12H13BrN2O. The van der Waals surface area contributed by atoms with Gasteiger partial charge in [0.05, 0.1) is 6.61 Å². The molecule has 4 heteroatoms. The predicted octanol–water partition coefficient (Wildman–Crippen LogP) is 2.96. The summed E-state index contributed by atoms with van der Waals surface area (Å²) in [5.74, 6) is 0.971. The van der Waals surface area contributed by atoms with E-state index in [9.17, 15) is 0 Å². The molecule has 2 rings (SSSR count). The lowest BCUT2D eigenvalue weighted by Gasteiger charge is -2.07. The summed E-state index contributed by atoms with van der Waals surface area (Å²) >= 11 is 3.46. The van der Waals surface area contributed by atoms with Crippen LogP contribution in [-0.4, -0.2) is 23.3 Å². The molecule has 0 unspecified atom stereocenters. The maximum atomic E-state index is 5.07. The lowest BCUT2D eigenvalue weighted by atomic mass is 10.2. The molecule has 1 aromatic heterocycles. The molecule has 0 aliphatic carbocycles. The number of imidazole rings is 1. The minimum absolute atomic E-state index is 0.692. The molecule has 0 fully saturated rings. The molecule has 2 aromatic rings. The molecule has 0 atom stereocenters. The fourth-order valence-electron chi connectivity index (χ4n) is 1.57. The fraction of sp³-hybridized carbons (Fsp3) is 0.250. The highest BCUT2D eigenvalue weighted by Crippen LogP contribution is 2.21. The first-order valence-corrected chi connectivity index (χ1v) is 5.86. The maximum absolute atomic E-state index is 5.07. The van der Waals surface area contributed by atoms with E-state index in [-0.39, 0.29) is 0 Å². The summed E-state index contributed by atoms with van der Waals surface area (Å²) in [5.41, 5.74) is 1.11. The van der Waals surface area contributed by atoms with Crippen molar-refractivity contribution in [2.75, 3.05) is 13.7 Å². The number of benzene rings is 1. The molecular weight excluding hydrogens is 268 g/mol. The van der Waals surface area contributed by atoms with E-state index in [1.807, 2.05) is 24.5 Å². The van der Waals surface area contributed by atoms with Crippen molar-refractivity contribution in [3.63, 3.8) is 0 Å². The average molecular weight is 281 g/mol. The third kappa shape index (κ3) is 2.51. The number of methoxy groups -OCH3 is 1. The molecule has 16 heavy (non-hydrogen) atoms. The normalized spacial score (nSPS) is 10.6. The molecule has 84 valence electrons. The lowest BCUT2D eigenvalue weighted by molar-refractivity contribution is 0.187. The fourth-order valence-corrected chi connectivity index (χ4v) is 1.97. The third-order valence-corrected chi connectivity index (χ3v) is 2.83. The second-order valence-electron chi connectivity index (χ2n) is 3.45. The Balaban J connectivity index is 2.29. The molecule has 3 nitrogen and oxygen atoms in total. The third-order valence-electron chi connectivity index (χ3n) is 2.33. The number of aromatic nitrogens is 2. The summed E-state index contributed by atoms with van der Waals surface area (Å²) in [7, 11) is 1.70. The Labute approximate surface area is 103 Å². The second-order valence-corrected chi connectivity index (χ2v) is 4.36. The summed E-state index contributed by atoms with van der Waals surface area (Å²) in [5, 5.41) is 0. The first kappa shape index (κ1) is 11.4. The highest BCUT2D eigenvalue weighted by molar-refractivity contribution is 9.10. The van der Waals surface area contributed by atoms with Gasteiger partial charge in [-0.25, -0.2) is 4.98 Å². The van der Waals surface area contributed by atoms with Gasteiger partial charge >= 0.3 is 0 Å². The number of rotatable bonds is 4. The Bertz CT molecular complexity index is 468. The summed E-state index contributed by atoms with van der Waals surface area (Å²) in [4.78, 5) is 4.37. The summed E-state index contributed by atoms with van der Waals surface area (Å²) in [6, 6.07) is 8.13. The van der Waals surface area contributed by atoms with Gasteiger partial charge in [0, 0.05) is 36.1 Å². The largest absolute Gasteiger partial charge is 0.383 e. The molecule has 0 saturated heterocycles. The van der Waals surface area contributed by atoms with Crippen LogP contribution in [0, 0.1) is 0 Å². The van der Waals surface area contributed by atoms with E-state index in [4.69, 9.17) is 4.74 Å². The zero-order valence-electron chi connectivity index (χ0n) is 9.06. The Kier molecular flexibility index (Phi) is 3.74. The van der Waals surface area contributed by atoms with Crippen molar-refractivity contribution in [2.24, 2.45) is 0 Å². The van der Waals surface area contributed by atoms with Crippen LogP contribution in [-0.2, 0) is 11.3 Å². The van der Waals surface area contributed by atoms with Crippen LogP contribution < -0.4 is 0 Å². The van der Waals surface area contributed by atoms with Gasteiger partial charge in [-0.05, 0) is 12.1 Å². The van der Waals surface area contributed by atoms with E-state index in [2.05, 4.69) is 37.6 Å². The first-order chi connectivity index (χ1) is 7.81. The molecule has 0 aliphatic heterocycles. The molecule has 0 amide bonds. The van der Waals surface area contributed by atoms with E-state index in [1.54, 1.807) is 7.11 Å². The highest BCUT2D eigenvalue weighted by Gasteiger charge is 2.05. The van der Waals surface area contributed by atoms with Crippen LogP contribution in [0.4, 0.5) is 0 Å². The van der Waals surface area contributed by atoms with Crippen LogP contribution in [0.15, 0.2) is 41.1 Å². The second kappa shape index (κ2) is 5.27. The standard InChI is InChI=1S/C12H13BrN2O/c1-16-8-7-15-6-5-14-12(15)10-3-2-4-11(13)9-10/h2-6,9H,7-8H2,1H3. The van der Waals surface area contributed by atoms with Crippen molar-refractivity contribution >= 4 is 15.9 Å². The highest BCUT2D eigenvalue weighted by atomic mass is 79.9. The van der Waals surface area contributed by atoms with E-state index in [0.29, 0.717) is 6.61 Å². The van der Waals surface area contributed by atoms with Crippen LogP contribution in [0.2, 0.25) is 0 Å². The van der Waals surface area contributed by atoms with Crippen LogP contribution in [0.5, 0.6) is 0 Å². The van der Waals surface area contributed by atoms with E-state index >= 15 is 0 Å². The molecule has 0 N–H and O–H groups in total. The maximum Gasteiger partial charge on any atom is 0.139 e. The van der Waals surface area contributed by atoms with Crippen LogP contribution >= 0.6 is 15.9 Å². The Hall–Kier alpha value is -1.13. The minimum Gasteiger partial charge on any atom is -0.383 e. The van der Waals surface area contributed by atoms with Crippen LogP contribution in [0.25, 0.3) is 11.4 Å². The van der Waals surface area contributed by atoms with Crippen molar-refractivity contribution < 1.29 is 4.74 Å². The van der Waals surface area contributed by atoms with Gasteiger partial charge in [-0.1, -0.05) is 28.1 Å². The average Bonchev–Trinajstić information content (AvgIpc) is 2.74. The Morgan fingerprint density at radius 2 is 2.31 bits per heavy atom. The van der Waals surface area contributed by atoms with Gasteiger partial charge in [-0.2, -0.15) is 0 Å².